The summed E-state index contributed by atoms with van der Waals surface area (Å²) >= 11 is 1.65. The monoisotopic (exact) mass is 521 g/mol. The molecule has 9 nitrogen and oxygen atoms in total. The average Bonchev–Trinajstić information content (AvgIpc) is 3.52. The first-order chi connectivity index (χ1) is 17.9. The zero-order chi connectivity index (χ0) is 25.6. The SMILES string of the molecule is CCNc1cc(C2(Cc3nncn3C)COC2)cc(N2Cc3cc(CN4CCC[C@H](C)C4)sc3C2=O)n1. The van der Waals surface area contributed by atoms with Crippen LogP contribution < -0.4 is 10.2 Å². The summed E-state index contributed by atoms with van der Waals surface area (Å²) in [4.78, 5) is 24.9. The van der Waals surface area contributed by atoms with Crippen LogP contribution in [0.2, 0.25) is 0 Å². The second kappa shape index (κ2) is 9.81. The molecular formula is C27H35N7O2S. The van der Waals surface area contributed by atoms with Crippen LogP contribution in [-0.4, -0.2) is 63.4 Å². The topological polar surface area (TPSA) is 88.4 Å². The van der Waals surface area contributed by atoms with E-state index in [2.05, 4.69) is 52.5 Å². The number of hydrogen-bond acceptors (Lipinski definition) is 8. The molecule has 0 radical (unpaired) electrons. The van der Waals surface area contributed by atoms with Crippen LogP contribution in [0.15, 0.2) is 24.5 Å². The Kier molecular flexibility index (Phi) is 6.50. The molecule has 0 saturated carbocycles. The van der Waals surface area contributed by atoms with Gasteiger partial charge in [0.15, 0.2) is 0 Å². The summed E-state index contributed by atoms with van der Waals surface area (Å²) < 4.78 is 7.66. The Morgan fingerprint density at radius 1 is 1.27 bits per heavy atom. The third kappa shape index (κ3) is 4.66. The largest absolute Gasteiger partial charge is 0.379 e. The predicted molar refractivity (Wildman–Crippen MR) is 144 cm³/mol. The number of nitrogens with zero attached hydrogens (tertiary/aromatic N) is 6. The lowest BCUT2D eigenvalue weighted by Gasteiger charge is -2.42. The van der Waals surface area contributed by atoms with E-state index in [1.165, 1.54) is 17.7 Å². The van der Waals surface area contributed by atoms with E-state index in [1.54, 1.807) is 17.7 Å². The van der Waals surface area contributed by atoms with Crippen LogP contribution in [0.25, 0.3) is 0 Å². The number of thiophene rings is 1. The molecule has 37 heavy (non-hydrogen) atoms. The minimum Gasteiger partial charge on any atom is -0.379 e. The lowest BCUT2D eigenvalue weighted by molar-refractivity contribution is -0.0611. The van der Waals surface area contributed by atoms with Crippen LogP contribution in [0, 0.1) is 5.92 Å². The number of anilines is 2. The van der Waals surface area contributed by atoms with Gasteiger partial charge in [0.05, 0.1) is 24.6 Å². The lowest BCUT2D eigenvalue weighted by atomic mass is 9.75. The maximum atomic E-state index is 13.6. The smallest absolute Gasteiger partial charge is 0.270 e. The number of hydrogen-bond donors (Lipinski definition) is 1. The first kappa shape index (κ1) is 24.5. The number of likely N-dealkylation sites (tertiary alicyclic amines) is 1. The molecule has 0 aliphatic carbocycles. The fourth-order valence-corrected chi connectivity index (χ4v) is 6.95. The lowest BCUT2D eigenvalue weighted by Crippen LogP contribution is -2.49. The number of carbonyl (C=O) groups excluding carboxylic acids is 1. The van der Waals surface area contributed by atoms with E-state index in [0.717, 1.165) is 66.2 Å². The molecule has 1 atom stereocenters. The Labute approximate surface area is 221 Å². The highest BCUT2D eigenvalue weighted by atomic mass is 32.1. The second-order valence-corrected chi connectivity index (χ2v) is 12.0. The van der Waals surface area contributed by atoms with E-state index in [9.17, 15) is 4.79 Å². The second-order valence-electron chi connectivity index (χ2n) is 10.9. The van der Waals surface area contributed by atoms with Gasteiger partial charge >= 0.3 is 0 Å². The summed E-state index contributed by atoms with van der Waals surface area (Å²) in [5.74, 6) is 3.19. The Bertz CT molecular complexity index is 1300. The number of aryl methyl sites for hydroxylation is 1. The van der Waals surface area contributed by atoms with Gasteiger partial charge in [0.25, 0.3) is 5.91 Å². The minimum atomic E-state index is -0.213. The summed E-state index contributed by atoms with van der Waals surface area (Å²) in [5.41, 5.74) is 2.02. The van der Waals surface area contributed by atoms with Gasteiger partial charge in [-0.3, -0.25) is 14.6 Å². The molecule has 1 N–H and O–H groups in total. The molecule has 6 heterocycles. The van der Waals surface area contributed by atoms with E-state index in [-0.39, 0.29) is 11.3 Å². The number of pyridine rings is 1. The van der Waals surface area contributed by atoms with Crippen molar-refractivity contribution in [2.75, 3.05) is 43.1 Å². The standard InChI is InChI=1S/C27H35N7O2S/c1-4-28-22-9-20(27(15-36-16-27)11-24-31-29-17-32(24)3)10-23(30-22)34-13-19-8-21(37-25(19)26(34)35)14-33-7-5-6-18(2)12-33/h8-10,17-18H,4-7,11-16H2,1-3H3,(H,28,30)/t18-/m0/s1. The number of piperidine rings is 1. The number of nitrogens with one attached hydrogen (secondary N) is 1. The molecule has 3 aromatic rings. The summed E-state index contributed by atoms with van der Waals surface area (Å²) in [6.45, 7) is 10.2. The first-order valence-electron chi connectivity index (χ1n) is 13.3. The van der Waals surface area contributed by atoms with Gasteiger partial charge in [-0.2, -0.15) is 0 Å². The maximum Gasteiger partial charge on any atom is 0.270 e. The van der Waals surface area contributed by atoms with Crippen molar-refractivity contribution in [2.24, 2.45) is 13.0 Å². The van der Waals surface area contributed by atoms with Crippen LogP contribution in [0.5, 0.6) is 0 Å². The fourth-order valence-electron chi connectivity index (χ4n) is 5.78. The highest BCUT2D eigenvalue weighted by Gasteiger charge is 2.43. The van der Waals surface area contributed by atoms with Gasteiger partial charge in [0, 0.05) is 43.4 Å². The van der Waals surface area contributed by atoms with Gasteiger partial charge in [0.1, 0.15) is 23.8 Å². The van der Waals surface area contributed by atoms with Crippen molar-refractivity contribution >= 4 is 28.9 Å². The molecule has 0 aromatic carbocycles. The molecule has 10 heteroatoms. The number of carbonyl (C=O) groups is 1. The fraction of sp³-hybridized carbons (Fsp3) is 0.556. The molecule has 2 saturated heterocycles. The van der Waals surface area contributed by atoms with E-state index in [0.29, 0.717) is 25.6 Å². The predicted octanol–water partition coefficient (Wildman–Crippen LogP) is 3.61. The molecule has 3 aliphatic heterocycles. The van der Waals surface area contributed by atoms with Crippen molar-refractivity contribution in [2.45, 2.75) is 51.6 Å². The Morgan fingerprint density at radius 3 is 2.81 bits per heavy atom. The summed E-state index contributed by atoms with van der Waals surface area (Å²) in [6.07, 6.45) is 5.03. The van der Waals surface area contributed by atoms with Crippen LogP contribution in [0.3, 0.4) is 0 Å². The number of fused-ring (bicyclic) bond motifs is 1. The minimum absolute atomic E-state index is 0.0533. The summed E-state index contributed by atoms with van der Waals surface area (Å²) in [5, 5.41) is 11.7. The molecule has 0 unspecified atom stereocenters. The highest BCUT2D eigenvalue weighted by Crippen LogP contribution is 2.40. The number of aromatic nitrogens is 4. The van der Waals surface area contributed by atoms with Gasteiger partial charge in [0.2, 0.25) is 0 Å². The first-order valence-corrected chi connectivity index (χ1v) is 14.1. The van der Waals surface area contributed by atoms with Crippen molar-refractivity contribution in [3.63, 3.8) is 0 Å². The van der Waals surface area contributed by atoms with Crippen molar-refractivity contribution in [1.29, 1.82) is 0 Å². The third-order valence-electron chi connectivity index (χ3n) is 7.87. The van der Waals surface area contributed by atoms with E-state index in [4.69, 9.17) is 9.72 Å². The molecule has 3 aromatic heterocycles. The van der Waals surface area contributed by atoms with Crippen molar-refractivity contribution in [3.05, 3.63) is 51.2 Å². The van der Waals surface area contributed by atoms with Crippen LogP contribution in [0.1, 0.15) is 58.2 Å². The number of rotatable bonds is 8. The maximum absolute atomic E-state index is 13.6. The molecule has 2 fully saturated rings. The Balaban J connectivity index is 1.26. The van der Waals surface area contributed by atoms with Crippen LogP contribution in [-0.2, 0) is 36.7 Å². The summed E-state index contributed by atoms with van der Waals surface area (Å²) in [7, 11) is 1.96. The van der Waals surface area contributed by atoms with Crippen LogP contribution in [0.4, 0.5) is 11.6 Å². The van der Waals surface area contributed by atoms with Crippen molar-refractivity contribution in [1.82, 2.24) is 24.6 Å². The van der Waals surface area contributed by atoms with Gasteiger partial charge < -0.3 is 14.6 Å². The van der Waals surface area contributed by atoms with Gasteiger partial charge in [-0.1, -0.05) is 6.92 Å². The Morgan fingerprint density at radius 2 is 2.14 bits per heavy atom. The molecule has 3 aliphatic rings. The Hall–Kier alpha value is -2.82. The van der Waals surface area contributed by atoms with Crippen molar-refractivity contribution in [3.8, 4) is 0 Å². The zero-order valence-corrected chi connectivity index (χ0v) is 22.7. The van der Waals surface area contributed by atoms with E-state index in [1.807, 2.05) is 16.5 Å². The molecule has 196 valence electrons. The normalized spacial score (nSPS) is 21.2. The number of ether oxygens (including phenoxy) is 1. The molecule has 6 rings (SSSR count). The van der Waals surface area contributed by atoms with E-state index < -0.39 is 0 Å². The molecule has 0 bridgehead atoms. The average molecular weight is 522 g/mol. The zero-order valence-electron chi connectivity index (χ0n) is 21.9. The quantitative estimate of drug-likeness (QED) is 0.485. The van der Waals surface area contributed by atoms with Gasteiger partial charge in [-0.25, -0.2) is 4.98 Å². The van der Waals surface area contributed by atoms with Gasteiger partial charge in [-0.05, 0) is 61.6 Å². The highest BCUT2D eigenvalue weighted by molar-refractivity contribution is 7.14. The molecular weight excluding hydrogens is 486 g/mol. The third-order valence-corrected chi connectivity index (χ3v) is 9.02. The molecule has 1 amide bonds. The van der Waals surface area contributed by atoms with E-state index >= 15 is 0 Å². The summed E-state index contributed by atoms with van der Waals surface area (Å²) in [6, 6.07) is 6.41. The number of amides is 1. The molecule has 0 spiro atoms. The van der Waals surface area contributed by atoms with Crippen molar-refractivity contribution < 1.29 is 9.53 Å². The van der Waals surface area contributed by atoms with Crippen LogP contribution >= 0.6 is 11.3 Å². The van der Waals surface area contributed by atoms with Gasteiger partial charge in [-0.15, -0.1) is 21.5 Å².